The van der Waals surface area contributed by atoms with E-state index in [4.69, 9.17) is 11.6 Å². The average molecular weight is 295 g/mol. The highest BCUT2D eigenvalue weighted by Gasteiger charge is 2.17. The number of hydrogen-bond acceptors (Lipinski definition) is 3. The molecular formula is C14H11ClO3S. The van der Waals surface area contributed by atoms with E-state index < -0.39 is 15.1 Å². The van der Waals surface area contributed by atoms with Gasteiger partial charge in [0.1, 0.15) is 0 Å². The second kappa shape index (κ2) is 5.15. The van der Waals surface area contributed by atoms with E-state index in [1.165, 1.54) is 24.3 Å². The molecule has 0 radical (unpaired) electrons. The molecule has 5 heteroatoms. The number of halogens is 1. The zero-order valence-electron chi connectivity index (χ0n) is 10.1. The molecule has 0 amide bonds. The average Bonchev–Trinajstić information content (AvgIpc) is 2.39. The Morgan fingerprint density at radius 2 is 1.32 bits per heavy atom. The van der Waals surface area contributed by atoms with E-state index in [2.05, 4.69) is 0 Å². The molecule has 0 spiro atoms. The number of hydrogen-bond donors (Lipinski definition) is 0. The van der Waals surface area contributed by atoms with Crippen molar-refractivity contribution in [1.82, 2.24) is 0 Å². The maximum atomic E-state index is 12.3. The van der Waals surface area contributed by atoms with Crippen molar-refractivity contribution in [3.63, 3.8) is 0 Å². The van der Waals surface area contributed by atoms with E-state index in [1.807, 2.05) is 6.92 Å². The van der Waals surface area contributed by atoms with Crippen molar-refractivity contribution >= 4 is 26.7 Å². The molecule has 19 heavy (non-hydrogen) atoms. The first-order valence-electron chi connectivity index (χ1n) is 5.53. The largest absolute Gasteiger partial charge is 0.276 e. The van der Waals surface area contributed by atoms with Gasteiger partial charge in [-0.05, 0) is 54.9 Å². The highest BCUT2D eigenvalue weighted by Crippen LogP contribution is 2.21. The van der Waals surface area contributed by atoms with Crippen molar-refractivity contribution in [2.75, 3.05) is 0 Å². The van der Waals surface area contributed by atoms with Crippen molar-refractivity contribution in [2.45, 2.75) is 16.7 Å². The molecule has 2 aromatic rings. The zero-order valence-corrected chi connectivity index (χ0v) is 11.7. The third-order valence-corrected chi connectivity index (χ3v) is 4.73. The van der Waals surface area contributed by atoms with Gasteiger partial charge in [0.2, 0.25) is 9.84 Å². The molecule has 2 rings (SSSR count). The van der Waals surface area contributed by atoms with Crippen LogP contribution in [0.2, 0.25) is 0 Å². The van der Waals surface area contributed by atoms with E-state index in [0.29, 0.717) is 0 Å². The van der Waals surface area contributed by atoms with Crippen LogP contribution in [0.1, 0.15) is 15.9 Å². The van der Waals surface area contributed by atoms with Gasteiger partial charge in [-0.15, -0.1) is 0 Å². The summed E-state index contributed by atoms with van der Waals surface area (Å²) in [5, 5.41) is -0.612. The molecule has 0 unspecified atom stereocenters. The van der Waals surface area contributed by atoms with Gasteiger partial charge in [-0.2, -0.15) is 0 Å². The molecule has 0 aliphatic rings. The number of sulfone groups is 1. The van der Waals surface area contributed by atoms with Crippen LogP contribution in [0.25, 0.3) is 0 Å². The van der Waals surface area contributed by atoms with Crippen molar-refractivity contribution in [2.24, 2.45) is 0 Å². The first kappa shape index (κ1) is 13.8. The first-order valence-corrected chi connectivity index (χ1v) is 7.39. The fourth-order valence-corrected chi connectivity index (χ4v) is 3.01. The van der Waals surface area contributed by atoms with E-state index in [0.717, 1.165) is 5.56 Å². The fraction of sp³-hybridized carbons (Fsp3) is 0.0714. The normalized spacial score (nSPS) is 11.3. The molecule has 0 saturated heterocycles. The zero-order chi connectivity index (χ0) is 14.0. The van der Waals surface area contributed by atoms with Crippen LogP contribution in [-0.2, 0) is 9.84 Å². The number of aryl methyl sites for hydroxylation is 1. The molecule has 0 fully saturated rings. The van der Waals surface area contributed by atoms with Gasteiger partial charge in [0, 0.05) is 5.56 Å². The molecule has 0 N–H and O–H groups in total. The summed E-state index contributed by atoms with van der Waals surface area (Å²) in [5.74, 6) is 0. The molecular weight excluding hydrogens is 284 g/mol. The van der Waals surface area contributed by atoms with Crippen molar-refractivity contribution < 1.29 is 13.2 Å². The molecule has 0 aliphatic heterocycles. The molecule has 0 aromatic heterocycles. The van der Waals surface area contributed by atoms with Crippen LogP contribution in [-0.4, -0.2) is 13.7 Å². The molecule has 2 aromatic carbocycles. The van der Waals surface area contributed by atoms with E-state index in [1.54, 1.807) is 24.3 Å². The van der Waals surface area contributed by atoms with Crippen molar-refractivity contribution in [1.29, 1.82) is 0 Å². The lowest BCUT2D eigenvalue weighted by Gasteiger charge is -2.05. The van der Waals surface area contributed by atoms with Crippen LogP contribution in [0, 0.1) is 6.92 Å². The van der Waals surface area contributed by atoms with Crippen LogP contribution in [0.4, 0.5) is 0 Å². The van der Waals surface area contributed by atoms with Gasteiger partial charge in [0.25, 0.3) is 5.24 Å². The van der Waals surface area contributed by atoms with Crippen LogP contribution in [0.15, 0.2) is 58.3 Å². The summed E-state index contributed by atoms with van der Waals surface area (Å²) in [6, 6.07) is 12.2. The highest BCUT2D eigenvalue weighted by atomic mass is 35.5. The van der Waals surface area contributed by atoms with Gasteiger partial charge < -0.3 is 0 Å². The maximum absolute atomic E-state index is 12.3. The Morgan fingerprint density at radius 1 is 0.895 bits per heavy atom. The Bertz CT molecular complexity index is 701. The van der Waals surface area contributed by atoms with Crippen molar-refractivity contribution in [3.8, 4) is 0 Å². The number of carbonyl (C=O) groups excluding carboxylic acids is 1. The van der Waals surface area contributed by atoms with E-state index in [-0.39, 0.29) is 15.4 Å². The predicted molar refractivity (Wildman–Crippen MR) is 73.3 cm³/mol. The second-order valence-corrected chi connectivity index (χ2v) is 6.41. The van der Waals surface area contributed by atoms with Crippen LogP contribution < -0.4 is 0 Å². The van der Waals surface area contributed by atoms with Gasteiger partial charge in [-0.1, -0.05) is 17.7 Å². The van der Waals surface area contributed by atoms with Gasteiger partial charge in [0.15, 0.2) is 0 Å². The van der Waals surface area contributed by atoms with Gasteiger partial charge in [-0.3, -0.25) is 4.79 Å². The third kappa shape index (κ3) is 2.85. The molecule has 0 atom stereocenters. The van der Waals surface area contributed by atoms with E-state index in [9.17, 15) is 13.2 Å². The summed E-state index contributed by atoms with van der Waals surface area (Å²) in [6.45, 7) is 1.89. The smallest absolute Gasteiger partial charge is 0.252 e. The van der Waals surface area contributed by atoms with Crippen LogP contribution >= 0.6 is 11.6 Å². The summed E-state index contributed by atoms with van der Waals surface area (Å²) in [5.41, 5.74) is 1.26. The lowest BCUT2D eigenvalue weighted by Crippen LogP contribution is -2.02. The summed E-state index contributed by atoms with van der Waals surface area (Å²) in [6.07, 6.45) is 0. The second-order valence-electron chi connectivity index (χ2n) is 4.11. The highest BCUT2D eigenvalue weighted by molar-refractivity contribution is 7.91. The minimum atomic E-state index is -3.55. The molecule has 0 heterocycles. The Kier molecular flexibility index (Phi) is 3.73. The lowest BCUT2D eigenvalue weighted by molar-refractivity contribution is 0.108. The van der Waals surface area contributed by atoms with Gasteiger partial charge in [0.05, 0.1) is 9.79 Å². The van der Waals surface area contributed by atoms with Crippen LogP contribution in [0.3, 0.4) is 0 Å². The lowest BCUT2D eigenvalue weighted by atomic mass is 10.2. The molecule has 98 valence electrons. The maximum Gasteiger partial charge on any atom is 0.252 e. The Balaban J connectivity index is 2.44. The third-order valence-electron chi connectivity index (χ3n) is 2.72. The SMILES string of the molecule is Cc1ccc(S(=O)(=O)c2ccc(C(=O)Cl)cc2)cc1. The summed E-state index contributed by atoms with van der Waals surface area (Å²) in [7, 11) is -3.55. The number of benzene rings is 2. The summed E-state index contributed by atoms with van der Waals surface area (Å²) in [4.78, 5) is 11.3. The quantitative estimate of drug-likeness (QED) is 0.817. The number of rotatable bonds is 3. The molecule has 0 saturated carbocycles. The summed E-state index contributed by atoms with van der Waals surface area (Å²) < 4.78 is 24.6. The Hall–Kier alpha value is -1.65. The standard InChI is InChI=1S/C14H11ClO3S/c1-10-2-6-12(7-3-10)19(17,18)13-8-4-11(5-9-13)14(15)16/h2-9H,1H3. The summed E-state index contributed by atoms with van der Waals surface area (Å²) >= 11 is 5.32. The van der Waals surface area contributed by atoms with Crippen molar-refractivity contribution in [3.05, 3.63) is 59.7 Å². The molecule has 0 aliphatic carbocycles. The van der Waals surface area contributed by atoms with Gasteiger partial charge >= 0.3 is 0 Å². The first-order chi connectivity index (χ1) is 8.91. The Labute approximate surface area is 116 Å². The fourth-order valence-electron chi connectivity index (χ4n) is 1.62. The predicted octanol–water partition coefficient (Wildman–Crippen LogP) is 3.21. The minimum absolute atomic E-state index is 0.137. The monoisotopic (exact) mass is 294 g/mol. The van der Waals surface area contributed by atoms with E-state index >= 15 is 0 Å². The van der Waals surface area contributed by atoms with Crippen LogP contribution in [0.5, 0.6) is 0 Å². The molecule has 0 bridgehead atoms. The number of carbonyl (C=O) groups is 1. The minimum Gasteiger partial charge on any atom is -0.276 e. The molecule has 3 nitrogen and oxygen atoms in total. The topological polar surface area (TPSA) is 51.2 Å². The van der Waals surface area contributed by atoms with Gasteiger partial charge in [-0.25, -0.2) is 8.42 Å². The Morgan fingerprint density at radius 3 is 1.74 bits per heavy atom.